The SMILES string of the molecule is Cc1cc(NC(=O)c2cc(S(=O)(=O)Nc3ccccc3C)cs2)no1. The predicted octanol–water partition coefficient (Wildman–Crippen LogP) is 3.41. The van der Waals surface area contributed by atoms with E-state index in [1.54, 1.807) is 25.1 Å². The molecule has 0 aliphatic rings. The Labute approximate surface area is 148 Å². The highest BCUT2D eigenvalue weighted by atomic mass is 32.2. The normalized spacial score (nSPS) is 11.3. The fourth-order valence-electron chi connectivity index (χ4n) is 2.07. The number of benzene rings is 1. The number of thiophene rings is 1. The number of aryl methyl sites for hydroxylation is 2. The summed E-state index contributed by atoms with van der Waals surface area (Å²) in [5, 5.41) is 7.64. The van der Waals surface area contributed by atoms with Crippen LogP contribution in [0.15, 0.2) is 51.2 Å². The number of rotatable bonds is 5. The maximum absolute atomic E-state index is 12.5. The van der Waals surface area contributed by atoms with Crippen molar-refractivity contribution in [3.63, 3.8) is 0 Å². The third-order valence-corrected chi connectivity index (χ3v) is 5.79. The first kappa shape index (κ1) is 17.2. The van der Waals surface area contributed by atoms with Gasteiger partial charge in [-0.2, -0.15) is 0 Å². The maximum atomic E-state index is 12.5. The topological polar surface area (TPSA) is 101 Å². The van der Waals surface area contributed by atoms with E-state index in [1.165, 1.54) is 11.4 Å². The van der Waals surface area contributed by atoms with Gasteiger partial charge in [0.25, 0.3) is 15.9 Å². The van der Waals surface area contributed by atoms with Crippen LogP contribution in [0, 0.1) is 13.8 Å². The van der Waals surface area contributed by atoms with Crippen LogP contribution in [-0.4, -0.2) is 19.5 Å². The van der Waals surface area contributed by atoms with Crippen molar-refractivity contribution in [2.75, 3.05) is 10.0 Å². The minimum Gasteiger partial charge on any atom is -0.360 e. The van der Waals surface area contributed by atoms with Gasteiger partial charge in [-0.05, 0) is 31.5 Å². The molecule has 0 aliphatic heterocycles. The second kappa shape index (κ2) is 6.69. The lowest BCUT2D eigenvalue weighted by Crippen LogP contribution is -2.13. The van der Waals surface area contributed by atoms with Crippen LogP contribution >= 0.6 is 11.3 Å². The highest BCUT2D eigenvalue weighted by Crippen LogP contribution is 2.24. The van der Waals surface area contributed by atoms with Gasteiger partial charge in [0.1, 0.15) is 5.76 Å². The number of hydrogen-bond acceptors (Lipinski definition) is 6. The van der Waals surface area contributed by atoms with Crippen molar-refractivity contribution in [3.05, 3.63) is 58.0 Å². The van der Waals surface area contributed by atoms with Gasteiger partial charge < -0.3 is 9.84 Å². The maximum Gasteiger partial charge on any atom is 0.267 e. The molecule has 2 heterocycles. The molecule has 7 nitrogen and oxygen atoms in total. The number of nitrogens with zero attached hydrogens (tertiary/aromatic N) is 1. The third kappa shape index (κ3) is 3.89. The van der Waals surface area contributed by atoms with Crippen LogP contribution in [0.3, 0.4) is 0 Å². The Morgan fingerprint density at radius 2 is 1.96 bits per heavy atom. The molecular formula is C16H15N3O4S2. The van der Waals surface area contributed by atoms with E-state index in [4.69, 9.17) is 4.52 Å². The highest BCUT2D eigenvalue weighted by molar-refractivity contribution is 7.92. The van der Waals surface area contributed by atoms with Gasteiger partial charge in [0.2, 0.25) is 0 Å². The summed E-state index contributed by atoms with van der Waals surface area (Å²) in [6, 6.07) is 9.96. The molecule has 130 valence electrons. The largest absolute Gasteiger partial charge is 0.360 e. The summed E-state index contributed by atoms with van der Waals surface area (Å²) in [4.78, 5) is 12.5. The molecule has 0 spiro atoms. The molecule has 0 fully saturated rings. The summed E-state index contributed by atoms with van der Waals surface area (Å²) in [5.41, 5.74) is 1.30. The molecular weight excluding hydrogens is 362 g/mol. The Hall–Kier alpha value is -2.65. The van der Waals surface area contributed by atoms with Crippen LogP contribution in [0.2, 0.25) is 0 Å². The van der Waals surface area contributed by atoms with E-state index >= 15 is 0 Å². The molecule has 0 aliphatic carbocycles. The average Bonchev–Trinajstić information content (AvgIpc) is 3.19. The molecule has 1 aromatic carbocycles. The lowest BCUT2D eigenvalue weighted by molar-refractivity contribution is 0.102. The Bertz CT molecular complexity index is 1020. The molecule has 3 aromatic rings. The fraction of sp³-hybridized carbons (Fsp3) is 0.125. The molecule has 0 unspecified atom stereocenters. The van der Waals surface area contributed by atoms with Gasteiger partial charge in [-0.3, -0.25) is 9.52 Å². The molecule has 9 heteroatoms. The Kier molecular flexibility index (Phi) is 4.60. The van der Waals surface area contributed by atoms with Crippen LogP contribution < -0.4 is 10.0 Å². The van der Waals surface area contributed by atoms with E-state index < -0.39 is 15.9 Å². The lowest BCUT2D eigenvalue weighted by Gasteiger charge is -2.08. The zero-order valence-electron chi connectivity index (χ0n) is 13.4. The number of amides is 1. The van der Waals surface area contributed by atoms with Crippen LogP contribution in [-0.2, 0) is 10.0 Å². The molecule has 0 saturated heterocycles. The van der Waals surface area contributed by atoms with Crippen LogP contribution in [0.25, 0.3) is 0 Å². The van der Waals surface area contributed by atoms with Gasteiger partial charge >= 0.3 is 0 Å². The summed E-state index contributed by atoms with van der Waals surface area (Å²) < 4.78 is 32.4. The van der Waals surface area contributed by atoms with Crippen LogP contribution in [0.4, 0.5) is 11.5 Å². The molecule has 3 rings (SSSR count). The smallest absolute Gasteiger partial charge is 0.267 e. The summed E-state index contributed by atoms with van der Waals surface area (Å²) in [7, 11) is -3.77. The molecule has 0 bridgehead atoms. The molecule has 0 radical (unpaired) electrons. The number of hydrogen-bond donors (Lipinski definition) is 2. The van der Waals surface area contributed by atoms with E-state index in [0.29, 0.717) is 11.4 Å². The minimum atomic E-state index is -3.77. The third-order valence-electron chi connectivity index (χ3n) is 3.37. The molecule has 2 aromatic heterocycles. The van der Waals surface area contributed by atoms with E-state index in [-0.39, 0.29) is 15.6 Å². The number of carbonyl (C=O) groups is 1. The molecule has 1 amide bonds. The van der Waals surface area contributed by atoms with Gasteiger partial charge in [-0.25, -0.2) is 8.42 Å². The first-order valence-corrected chi connectivity index (χ1v) is 9.63. The Balaban J connectivity index is 1.78. The fourth-order valence-corrected chi connectivity index (χ4v) is 4.37. The Morgan fingerprint density at radius 1 is 1.20 bits per heavy atom. The lowest BCUT2D eigenvalue weighted by atomic mass is 10.2. The minimum absolute atomic E-state index is 0.0298. The van der Waals surface area contributed by atoms with Crippen molar-refractivity contribution in [2.24, 2.45) is 0 Å². The van der Waals surface area contributed by atoms with Crippen molar-refractivity contribution in [2.45, 2.75) is 18.7 Å². The molecule has 25 heavy (non-hydrogen) atoms. The second-order valence-corrected chi connectivity index (χ2v) is 7.94. The number of aromatic nitrogens is 1. The van der Waals surface area contributed by atoms with Crippen molar-refractivity contribution in [1.82, 2.24) is 5.16 Å². The van der Waals surface area contributed by atoms with Gasteiger partial charge in [-0.15, -0.1) is 11.3 Å². The van der Waals surface area contributed by atoms with Crippen molar-refractivity contribution >= 4 is 38.8 Å². The van der Waals surface area contributed by atoms with E-state index in [2.05, 4.69) is 15.2 Å². The number of sulfonamides is 1. The molecule has 0 atom stereocenters. The molecule has 2 N–H and O–H groups in total. The number of nitrogens with one attached hydrogen (secondary N) is 2. The zero-order valence-corrected chi connectivity index (χ0v) is 15.1. The van der Waals surface area contributed by atoms with Gasteiger partial charge in [0, 0.05) is 11.4 Å². The van der Waals surface area contributed by atoms with E-state index in [9.17, 15) is 13.2 Å². The monoisotopic (exact) mass is 377 g/mol. The number of carbonyl (C=O) groups excluding carboxylic acids is 1. The summed E-state index contributed by atoms with van der Waals surface area (Å²) in [6.45, 7) is 3.51. The summed E-state index contributed by atoms with van der Waals surface area (Å²) >= 11 is 1.04. The van der Waals surface area contributed by atoms with Crippen molar-refractivity contribution in [1.29, 1.82) is 0 Å². The Morgan fingerprint density at radius 3 is 2.64 bits per heavy atom. The van der Waals surface area contributed by atoms with Gasteiger partial charge in [0.05, 0.1) is 15.5 Å². The zero-order chi connectivity index (χ0) is 18.0. The van der Waals surface area contributed by atoms with E-state index in [0.717, 1.165) is 16.9 Å². The quantitative estimate of drug-likeness (QED) is 0.709. The second-order valence-electron chi connectivity index (χ2n) is 5.34. The first-order chi connectivity index (χ1) is 11.8. The number of para-hydroxylation sites is 1. The van der Waals surface area contributed by atoms with Crippen LogP contribution in [0.5, 0.6) is 0 Å². The average molecular weight is 377 g/mol. The predicted molar refractivity (Wildman–Crippen MR) is 95.5 cm³/mol. The standard InChI is InChI=1S/C16H15N3O4S2/c1-10-5-3-4-6-13(10)19-25(21,22)12-8-14(24-9-12)16(20)17-15-7-11(2)23-18-15/h3-9,19H,1-2H3,(H,17,18,20). The van der Waals surface area contributed by atoms with Gasteiger partial charge in [0.15, 0.2) is 5.82 Å². The summed E-state index contributed by atoms with van der Waals surface area (Å²) in [6.07, 6.45) is 0. The number of anilines is 2. The first-order valence-electron chi connectivity index (χ1n) is 7.27. The highest BCUT2D eigenvalue weighted by Gasteiger charge is 2.20. The van der Waals surface area contributed by atoms with Crippen LogP contribution in [0.1, 0.15) is 21.0 Å². The molecule has 0 saturated carbocycles. The van der Waals surface area contributed by atoms with Crippen molar-refractivity contribution < 1.29 is 17.7 Å². The van der Waals surface area contributed by atoms with Gasteiger partial charge in [-0.1, -0.05) is 23.4 Å². The van der Waals surface area contributed by atoms with Crippen molar-refractivity contribution in [3.8, 4) is 0 Å². The van der Waals surface area contributed by atoms with E-state index in [1.807, 2.05) is 19.1 Å². The summed E-state index contributed by atoms with van der Waals surface area (Å²) in [5.74, 6) is 0.390.